The van der Waals surface area contributed by atoms with E-state index in [2.05, 4.69) is 43.0 Å². The fourth-order valence-electron chi connectivity index (χ4n) is 2.36. The topological polar surface area (TPSA) is 0 Å². The van der Waals surface area contributed by atoms with E-state index in [0.29, 0.717) is 5.16 Å². The van der Waals surface area contributed by atoms with Crippen molar-refractivity contribution in [3.8, 4) is 0 Å². The normalized spacial score (nSPS) is 41.6. The van der Waals surface area contributed by atoms with Crippen LogP contribution in [0.3, 0.4) is 0 Å². The van der Waals surface area contributed by atoms with E-state index >= 15 is 0 Å². The highest BCUT2D eigenvalue weighted by atomic mass is 31.0. The fourth-order valence-corrected chi connectivity index (χ4v) is 3.05. The van der Waals surface area contributed by atoms with Gasteiger partial charge >= 0.3 is 0 Å². The lowest BCUT2D eigenvalue weighted by molar-refractivity contribution is 0.387. The van der Waals surface area contributed by atoms with Gasteiger partial charge in [-0.15, -0.1) is 9.24 Å². The maximum absolute atomic E-state index is 3.09. The van der Waals surface area contributed by atoms with Gasteiger partial charge in [0.05, 0.1) is 0 Å². The highest BCUT2D eigenvalue weighted by molar-refractivity contribution is 7.19. The molecule has 1 heteroatoms. The first kappa shape index (κ1) is 10.3. The molecule has 70 valence electrons. The van der Waals surface area contributed by atoms with E-state index in [4.69, 9.17) is 0 Å². The van der Waals surface area contributed by atoms with Crippen LogP contribution in [0.5, 0.6) is 0 Å². The van der Waals surface area contributed by atoms with Crippen LogP contribution in [0.1, 0.15) is 40.5 Å². The van der Waals surface area contributed by atoms with E-state index in [1.54, 1.807) is 5.57 Å². The Balaban J connectivity index is 2.83. The van der Waals surface area contributed by atoms with E-state index in [0.717, 1.165) is 11.8 Å². The molecule has 0 aromatic heterocycles. The van der Waals surface area contributed by atoms with Crippen LogP contribution < -0.4 is 0 Å². The van der Waals surface area contributed by atoms with Crippen molar-refractivity contribution in [1.29, 1.82) is 0 Å². The third kappa shape index (κ3) is 1.46. The van der Waals surface area contributed by atoms with Crippen molar-refractivity contribution in [2.24, 2.45) is 11.8 Å². The van der Waals surface area contributed by atoms with Crippen LogP contribution in [0.4, 0.5) is 0 Å². The van der Waals surface area contributed by atoms with Crippen molar-refractivity contribution in [1.82, 2.24) is 0 Å². The second-order valence-corrected chi connectivity index (χ2v) is 5.32. The summed E-state index contributed by atoms with van der Waals surface area (Å²) in [7, 11) is 3.09. The lowest BCUT2D eigenvalue weighted by Crippen LogP contribution is -2.28. The summed E-state index contributed by atoms with van der Waals surface area (Å²) in [5.41, 5.74) is 1.58. The molecule has 0 aromatic carbocycles. The van der Waals surface area contributed by atoms with Crippen LogP contribution in [0, 0.1) is 11.8 Å². The molecule has 4 atom stereocenters. The maximum Gasteiger partial charge on any atom is 0.00847 e. The van der Waals surface area contributed by atoms with Crippen molar-refractivity contribution >= 4 is 9.24 Å². The van der Waals surface area contributed by atoms with Crippen molar-refractivity contribution in [2.45, 2.75) is 45.7 Å². The molecule has 0 aromatic rings. The summed E-state index contributed by atoms with van der Waals surface area (Å²) in [6.45, 7) is 9.26. The van der Waals surface area contributed by atoms with E-state index < -0.39 is 0 Å². The first-order valence-corrected chi connectivity index (χ1v) is 5.58. The minimum atomic E-state index is 0.411. The van der Waals surface area contributed by atoms with Crippen LogP contribution in [0.15, 0.2) is 11.6 Å². The molecule has 0 spiro atoms. The number of hydrogen-bond acceptors (Lipinski definition) is 0. The fraction of sp³-hybridized carbons (Fsp3) is 0.818. The van der Waals surface area contributed by atoms with Gasteiger partial charge < -0.3 is 0 Å². The van der Waals surface area contributed by atoms with Crippen molar-refractivity contribution in [2.75, 3.05) is 0 Å². The summed E-state index contributed by atoms with van der Waals surface area (Å²) >= 11 is 0. The van der Waals surface area contributed by atoms with Gasteiger partial charge in [-0.2, -0.15) is 0 Å². The summed E-state index contributed by atoms with van der Waals surface area (Å²) in [5, 5.41) is 0.411. The predicted molar refractivity (Wildman–Crippen MR) is 59.4 cm³/mol. The van der Waals surface area contributed by atoms with Crippen LogP contribution in [-0.4, -0.2) is 5.16 Å². The van der Waals surface area contributed by atoms with E-state index in [1.165, 1.54) is 12.8 Å². The number of rotatable bonds is 2. The van der Waals surface area contributed by atoms with E-state index in [-0.39, 0.29) is 0 Å². The molecule has 0 saturated heterocycles. The lowest BCUT2D eigenvalue weighted by atomic mass is 9.84. The second kappa shape index (κ2) is 3.50. The zero-order valence-electron chi connectivity index (χ0n) is 8.72. The minimum Gasteiger partial charge on any atom is -0.126 e. The quantitative estimate of drug-likeness (QED) is 0.454. The standard InChI is InChI=1S/C11H21P/c1-5-6-11(12)9(3)7-8(2)10(11)4/h7-8,10H,5-6,12H2,1-4H3/t8-,10?,11?/m1/s1. The third-order valence-electron chi connectivity index (χ3n) is 3.51. The van der Waals surface area contributed by atoms with Gasteiger partial charge in [0.15, 0.2) is 0 Å². The van der Waals surface area contributed by atoms with Crippen LogP contribution in [-0.2, 0) is 0 Å². The third-order valence-corrected chi connectivity index (χ3v) is 4.78. The Labute approximate surface area is 79.0 Å². The number of hydrogen-bond donors (Lipinski definition) is 0. The average Bonchev–Trinajstić information content (AvgIpc) is 2.17. The molecule has 0 aliphatic heterocycles. The first-order valence-electron chi connectivity index (χ1n) is 5.00. The highest BCUT2D eigenvalue weighted by Crippen LogP contribution is 2.48. The molecule has 1 rings (SSSR count). The van der Waals surface area contributed by atoms with Crippen LogP contribution in [0.25, 0.3) is 0 Å². The van der Waals surface area contributed by atoms with Gasteiger partial charge in [-0.3, -0.25) is 0 Å². The monoisotopic (exact) mass is 184 g/mol. The van der Waals surface area contributed by atoms with E-state index in [9.17, 15) is 0 Å². The molecule has 12 heavy (non-hydrogen) atoms. The largest absolute Gasteiger partial charge is 0.126 e. The first-order chi connectivity index (χ1) is 5.52. The molecule has 1 aliphatic carbocycles. The minimum absolute atomic E-state index is 0.411. The van der Waals surface area contributed by atoms with Gasteiger partial charge in [-0.1, -0.05) is 38.8 Å². The molecular weight excluding hydrogens is 163 g/mol. The molecule has 0 nitrogen and oxygen atoms in total. The van der Waals surface area contributed by atoms with Crippen LogP contribution in [0.2, 0.25) is 0 Å². The molecule has 0 saturated carbocycles. The van der Waals surface area contributed by atoms with Gasteiger partial charge in [0.2, 0.25) is 0 Å². The second-order valence-electron chi connectivity index (χ2n) is 4.29. The van der Waals surface area contributed by atoms with Gasteiger partial charge in [-0.25, -0.2) is 0 Å². The summed E-state index contributed by atoms with van der Waals surface area (Å²) in [4.78, 5) is 0. The van der Waals surface area contributed by atoms with E-state index in [1.807, 2.05) is 0 Å². The molecule has 1 aliphatic rings. The Morgan fingerprint density at radius 3 is 2.42 bits per heavy atom. The molecule has 0 bridgehead atoms. The predicted octanol–water partition coefficient (Wildman–Crippen LogP) is 3.63. The molecule has 0 radical (unpaired) electrons. The van der Waals surface area contributed by atoms with Gasteiger partial charge in [0, 0.05) is 5.16 Å². The summed E-state index contributed by atoms with van der Waals surface area (Å²) in [6, 6.07) is 0. The molecule has 0 fully saturated rings. The Morgan fingerprint density at radius 1 is 1.50 bits per heavy atom. The molecule has 3 unspecified atom stereocenters. The Kier molecular flexibility index (Phi) is 2.99. The van der Waals surface area contributed by atoms with Crippen molar-refractivity contribution in [3.63, 3.8) is 0 Å². The Morgan fingerprint density at radius 2 is 2.08 bits per heavy atom. The van der Waals surface area contributed by atoms with Gasteiger partial charge in [0.25, 0.3) is 0 Å². The summed E-state index contributed by atoms with van der Waals surface area (Å²) in [6.07, 6.45) is 5.03. The lowest BCUT2D eigenvalue weighted by Gasteiger charge is -2.32. The van der Waals surface area contributed by atoms with Gasteiger partial charge in [-0.05, 0) is 25.2 Å². The zero-order valence-corrected chi connectivity index (χ0v) is 9.88. The van der Waals surface area contributed by atoms with Crippen molar-refractivity contribution in [3.05, 3.63) is 11.6 Å². The maximum atomic E-state index is 3.09. The van der Waals surface area contributed by atoms with Gasteiger partial charge in [0.1, 0.15) is 0 Å². The molecule has 0 amide bonds. The molecular formula is C11H21P. The van der Waals surface area contributed by atoms with Crippen LogP contribution >= 0.6 is 9.24 Å². The molecule has 0 heterocycles. The summed E-state index contributed by atoms with van der Waals surface area (Å²) < 4.78 is 0. The SMILES string of the molecule is CCCC1(P)C(C)=C[C@@H](C)C1C. The van der Waals surface area contributed by atoms with Crippen molar-refractivity contribution < 1.29 is 0 Å². The molecule has 0 N–H and O–H groups in total. The average molecular weight is 184 g/mol. The summed E-state index contributed by atoms with van der Waals surface area (Å²) in [5.74, 6) is 1.55. The number of allylic oxidation sites excluding steroid dienone is 2. The smallest absolute Gasteiger partial charge is 0.00847 e. The zero-order chi connectivity index (χ0) is 9.35. The Bertz CT molecular complexity index is 195. The Hall–Kier alpha value is 0.170. The highest BCUT2D eigenvalue weighted by Gasteiger charge is 2.39.